The maximum Gasteiger partial charge on any atom is 0.261 e. The lowest BCUT2D eigenvalue weighted by Gasteiger charge is -2.19. The Morgan fingerprint density at radius 1 is 0.964 bits per heavy atom. The van der Waals surface area contributed by atoms with E-state index in [0.717, 1.165) is 31.4 Å². The van der Waals surface area contributed by atoms with Crippen LogP contribution in [0.5, 0.6) is 0 Å². The Balaban J connectivity index is 1.76. The van der Waals surface area contributed by atoms with Gasteiger partial charge in [0.05, 0.1) is 15.9 Å². The fraction of sp³-hybridized carbons (Fsp3) is 0.600. The summed E-state index contributed by atoms with van der Waals surface area (Å²) in [5, 5.41) is 3.27. The molecule has 0 spiro atoms. The van der Waals surface area contributed by atoms with Crippen LogP contribution < -0.4 is 10.0 Å². The Morgan fingerprint density at radius 3 is 2.25 bits per heavy atom. The molecule has 0 bridgehead atoms. The zero-order chi connectivity index (χ0) is 20.9. The monoisotopic (exact) mass is 409 g/mol. The van der Waals surface area contributed by atoms with Gasteiger partial charge in [-0.15, -0.1) is 0 Å². The third-order valence-corrected chi connectivity index (χ3v) is 6.90. The van der Waals surface area contributed by atoms with Crippen LogP contribution in [0.25, 0.3) is 0 Å². The standard InChI is InChI=1S/C20H31N3O4S/c1-5-13-23-18(24)16-10-9-15(14-17(16)19(23)25)21-11-7-6-8-12-22-28(26,27)20(2,3)4/h9-10,14,21-22H,5-8,11-13H2,1-4H3. The fourth-order valence-electron chi connectivity index (χ4n) is 2.91. The summed E-state index contributed by atoms with van der Waals surface area (Å²) in [6.45, 7) is 8.55. The summed E-state index contributed by atoms with van der Waals surface area (Å²) in [5.74, 6) is -0.442. The number of unbranched alkanes of at least 4 members (excludes halogenated alkanes) is 2. The first kappa shape index (κ1) is 22.4. The van der Waals surface area contributed by atoms with Gasteiger partial charge in [-0.05, 0) is 58.2 Å². The Bertz CT molecular complexity index is 828. The smallest absolute Gasteiger partial charge is 0.261 e. The van der Waals surface area contributed by atoms with E-state index in [1.807, 2.05) is 13.0 Å². The van der Waals surface area contributed by atoms with Gasteiger partial charge in [-0.2, -0.15) is 0 Å². The number of rotatable bonds is 10. The lowest BCUT2D eigenvalue weighted by Crippen LogP contribution is -2.39. The van der Waals surface area contributed by atoms with Crippen LogP contribution in [0.3, 0.4) is 0 Å². The first-order valence-electron chi connectivity index (χ1n) is 9.82. The molecule has 1 heterocycles. The van der Waals surface area contributed by atoms with Crippen molar-refractivity contribution in [1.29, 1.82) is 0 Å². The number of sulfonamides is 1. The van der Waals surface area contributed by atoms with Gasteiger partial charge in [-0.3, -0.25) is 14.5 Å². The van der Waals surface area contributed by atoms with Crippen molar-refractivity contribution in [1.82, 2.24) is 9.62 Å². The van der Waals surface area contributed by atoms with Gasteiger partial charge in [0, 0.05) is 25.3 Å². The number of benzene rings is 1. The van der Waals surface area contributed by atoms with Gasteiger partial charge in [-0.1, -0.05) is 13.3 Å². The summed E-state index contributed by atoms with van der Waals surface area (Å²) >= 11 is 0. The molecule has 0 aliphatic carbocycles. The molecule has 2 rings (SSSR count). The molecule has 1 aliphatic rings. The third kappa shape index (κ3) is 5.11. The molecule has 0 saturated carbocycles. The van der Waals surface area contributed by atoms with Gasteiger partial charge in [0.2, 0.25) is 10.0 Å². The number of nitrogens with one attached hydrogen (secondary N) is 2. The molecule has 1 aliphatic heterocycles. The van der Waals surface area contributed by atoms with Crippen molar-refractivity contribution < 1.29 is 18.0 Å². The number of hydrogen-bond acceptors (Lipinski definition) is 5. The van der Waals surface area contributed by atoms with E-state index in [-0.39, 0.29) is 11.8 Å². The molecular formula is C20H31N3O4S. The van der Waals surface area contributed by atoms with Crippen LogP contribution in [-0.2, 0) is 10.0 Å². The van der Waals surface area contributed by atoms with E-state index >= 15 is 0 Å². The lowest BCUT2D eigenvalue weighted by molar-refractivity contribution is 0.0654. The van der Waals surface area contributed by atoms with Gasteiger partial charge in [0.15, 0.2) is 0 Å². The van der Waals surface area contributed by atoms with E-state index in [1.165, 1.54) is 4.90 Å². The van der Waals surface area contributed by atoms with Gasteiger partial charge >= 0.3 is 0 Å². The Morgan fingerprint density at radius 2 is 1.61 bits per heavy atom. The number of nitrogens with zero attached hydrogens (tertiary/aromatic N) is 1. The second-order valence-electron chi connectivity index (χ2n) is 8.02. The molecule has 156 valence electrons. The number of hydrogen-bond donors (Lipinski definition) is 2. The summed E-state index contributed by atoms with van der Waals surface area (Å²) in [6, 6.07) is 5.26. The molecule has 8 heteroatoms. The summed E-state index contributed by atoms with van der Waals surface area (Å²) in [5.41, 5.74) is 1.74. The van der Waals surface area contributed by atoms with E-state index in [9.17, 15) is 18.0 Å². The SMILES string of the molecule is CCCN1C(=O)c2ccc(NCCCCCNS(=O)(=O)C(C)(C)C)cc2C1=O. The lowest BCUT2D eigenvalue weighted by atomic mass is 10.1. The molecule has 0 saturated heterocycles. The van der Waals surface area contributed by atoms with E-state index in [0.29, 0.717) is 30.8 Å². The molecule has 0 atom stereocenters. The molecular weight excluding hydrogens is 378 g/mol. The highest BCUT2D eigenvalue weighted by Crippen LogP contribution is 2.26. The van der Waals surface area contributed by atoms with Crippen molar-refractivity contribution in [2.75, 3.05) is 25.0 Å². The third-order valence-electron chi connectivity index (χ3n) is 4.70. The molecule has 28 heavy (non-hydrogen) atoms. The first-order chi connectivity index (χ1) is 13.1. The predicted molar refractivity (Wildman–Crippen MR) is 111 cm³/mol. The van der Waals surface area contributed by atoms with Crippen molar-refractivity contribution in [3.05, 3.63) is 29.3 Å². The second kappa shape index (κ2) is 9.05. The molecule has 0 aromatic heterocycles. The number of anilines is 1. The van der Waals surface area contributed by atoms with E-state index in [1.54, 1.807) is 32.9 Å². The summed E-state index contributed by atoms with van der Waals surface area (Å²) in [7, 11) is -3.29. The highest BCUT2D eigenvalue weighted by Gasteiger charge is 2.34. The van der Waals surface area contributed by atoms with Crippen LogP contribution in [0, 0.1) is 0 Å². The van der Waals surface area contributed by atoms with E-state index in [4.69, 9.17) is 0 Å². The Kier molecular flexibility index (Phi) is 7.22. The van der Waals surface area contributed by atoms with Crippen LogP contribution in [0.2, 0.25) is 0 Å². The number of amides is 2. The van der Waals surface area contributed by atoms with Gasteiger partial charge in [0.1, 0.15) is 0 Å². The summed E-state index contributed by atoms with van der Waals surface area (Å²) in [4.78, 5) is 25.9. The minimum Gasteiger partial charge on any atom is -0.385 e. The zero-order valence-electron chi connectivity index (χ0n) is 17.2. The average Bonchev–Trinajstić information content (AvgIpc) is 2.85. The summed E-state index contributed by atoms with van der Waals surface area (Å²) in [6.07, 6.45) is 3.26. The second-order valence-corrected chi connectivity index (χ2v) is 10.5. The van der Waals surface area contributed by atoms with Crippen LogP contribution in [0.15, 0.2) is 18.2 Å². The molecule has 2 N–H and O–H groups in total. The van der Waals surface area contributed by atoms with Gasteiger partial charge < -0.3 is 5.32 Å². The fourth-order valence-corrected chi connectivity index (χ4v) is 3.76. The predicted octanol–water partition coefficient (Wildman–Crippen LogP) is 2.99. The minimum absolute atomic E-state index is 0.217. The molecule has 7 nitrogen and oxygen atoms in total. The maximum absolute atomic E-state index is 12.4. The van der Waals surface area contributed by atoms with Crippen LogP contribution >= 0.6 is 0 Å². The molecule has 0 fully saturated rings. The number of carbonyl (C=O) groups is 2. The van der Waals surface area contributed by atoms with Crippen LogP contribution in [-0.4, -0.2) is 49.5 Å². The molecule has 2 amide bonds. The maximum atomic E-state index is 12.4. The first-order valence-corrected chi connectivity index (χ1v) is 11.3. The zero-order valence-corrected chi connectivity index (χ0v) is 18.0. The highest BCUT2D eigenvalue weighted by atomic mass is 32.2. The number of imide groups is 1. The molecule has 0 radical (unpaired) electrons. The topological polar surface area (TPSA) is 95.6 Å². The van der Waals surface area contributed by atoms with E-state index < -0.39 is 14.8 Å². The number of carbonyl (C=O) groups excluding carboxylic acids is 2. The Labute approximate surface area is 167 Å². The van der Waals surface area contributed by atoms with Crippen molar-refractivity contribution >= 4 is 27.5 Å². The normalized spacial score (nSPS) is 14.5. The molecule has 1 aromatic rings. The Hall–Kier alpha value is -1.93. The quantitative estimate of drug-likeness (QED) is 0.457. The number of fused-ring (bicyclic) bond motifs is 1. The van der Waals surface area contributed by atoms with Crippen LogP contribution in [0.1, 0.15) is 74.1 Å². The van der Waals surface area contributed by atoms with Crippen molar-refractivity contribution in [3.63, 3.8) is 0 Å². The van der Waals surface area contributed by atoms with Crippen molar-refractivity contribution in [2.24, 2.45) is 0 Å². The highest BCUT2D eigenvalue weighted by molar-refractivity contribution is 7.90. The average molecular weight is 410 g/mol. The largest absolute Gasteiger partial charge is 0.385 e. The summed E-state index contributed by atoms with van der Waals surface area (Å²) < 4.78 is 25.7. The minimum atomic E-state index is -3.29. The van der Waals surface area contributed by atoms with Crippen molar-refractivity contribution in [3.8, 4) is 0 Å². The van der Waals surface area contributed by atoms with Gasteiger partial charge in [0.25, 0.3) is 11.8 Å². The van der Waals surface area contributed by atoms with Gasteiger partial charge in [-0.25, -0.2) is 13.1 Å². The van der Waals surface area contributed by atoms with Crippen molar-refractivity contribution in [2.45, 2.75) is 58.1 Å². The van der Waals surface area contributed by atoms with E-state index in [2.05, 4.69) is 10.0 Å². The van der Waals surface area contributed by atoms with Crippen LogP contribution in [0.4, 0.5) is 5.69 Å². The molecule has 1 aromatic carbocycles. The molecule has 0 unspecified atom stereocenters.